The van der Waals surface area contributed by atoms with Gasteiger partial charge in [0.1, 0.15) is 5.69 Å². The summed E-state index contributed by atoms with van der Waals surface area (Å²) in [5.74, 6) is 0.186. The fraction of sp³-hybridized carbons (Fsp3) is 0.400. The Hall–Kier alpha value is -3.16. The summed E-state index contributed by atoms with van der Waals surface area (Å²) in [6.45, 7) is 2.01. The number of rotatable bonds is 6. The van der Waals surface area contributed by atoms with Crippen molar-refractivity contribution in [2.75, 3.05) is 6.54 Å². The summed E-state index contributed by atoms with van der Waals surface area (Å²) < 4.78 is 10.6. The van der Waals surface area contributed by atoms with E-state index in [2.05, 4.69) is 20.8 Å². The number of aryl methyl sites for hydroxylation is 1. The highest BCUT2D eigenvalue weighted by atomic mass is 16.5. The number of hydrogen-bond donors (Lipinski definition) is 2. The molecule has 3 aromatic heterocycles. The Labute approximate surface area is 161 Å². The van der Waals surface area contributed by atoms with Gasteiger partial charge < -0.3 is 19.6 Å². The lowest BCUT2D eigenvalue weighted by molar-refractivity contribution is -0.121. The monoisotopic (exact) mass is 382 g/mol. The molecule has 146 valence electrons. The van der Waals surface area contributed by atoms with Gasteiger partial charge in [-0.15, -0.1) is 0 Å². The molecule has 0 saturated heterocycles. The molecule has 0 atom stereocenters. The van der Waals surface area contributed by atoms with E-state index in [9.17, 15) is 9.59 Å². The highest BCUT2D eigenvalue weighted by molar-refractivity contribution is 6.06. The lowest BCUT2D eigenvalue weighted by Crippen LogP contribution is -2.35. The van der Waals surface area contributed by atoms with Crippen LogP contribution in [-0.4, -0.2) is 34.5 Å². The number of carbonyl (C=O) groups excluding carboxylic acids is 2. The van der Waals surface area contributed by atoms with Crippen molar-refractivity contribution in [3.05, 3.63) is 35.7 Å². The lowest BCUT2D eigenvalue weighted by Gasteiger charge is -2.12. The number of pyridine rings is 1. The Balaban J connectivity index is 1.47. The molecule has 0 bridgehead atoms. The molecule has 3 aromatic rings. The molecular weight excluding hydrogens is 360 g/mol. The smallest absolute Gasteiger partial charge is 0.259 e. The molecule has 0 radical (unpaired) electrons. The molecule has 0 aromatic carbocycles. The molecular formula is C20H22N4O4. The molecule has 8 nitrogen and oxygen atoms in total. The average Bonchev–Trinajstić information content (AvgIpc) is 3.43. The molecule has 3 heterocycles. The molecule has 2 N–H and O–H groups in total. The highest BCUT2D eigenvalue weighted by Crippen LogP contribution is 2.27. The quantitative estimate of drug-likeness (QED) is 0.678. The molecule has 1 saturated carbocycles. The third kappa shape index (κ3) is 3.76. The number of furan rings is 1. The second kappa shape index (κ2) is 7.84. The van der Waals surface area contributed by atoms with Crippen molar-refractivity contribution in [3.8, 4) is 11.5 Å². The zero-order valence-electron chi connectivity index (χ0n) is 15.7. The molecule has 1 aliphatic rings. The SMILES string of the molecule is Cc1noc2nc(-c3ccco3)cc(C(=O)NCCC(=O)NC3CCCC3)c12. The summed E-state index contributed by atoms with van der Waals surface area (Å²) in [5.41, 5.74) is 1.73. The van der Waals surface area contributed by atoms with E-state index >= 15 is 0 Å². The predicted octanol–water partition coefficient (Wildman–Crippen LogP) is 2.97. The zero-order valence-corrected chi connectivity index (χ0v) is 15.7. The van der Waals surface area contributed by atoms with Crippen molar-refractivity contribution in [2.24, 2.45) is 0 Å². The number of hydrogen-bond acceptors (Lipinski definition) is 6. The van der Waals surface area contributed by atoms with Gasteiger partial charge in [-0.3, -0.25) is 9.59 Å². The van der Waals surface area contributed by atoms with Gasteiger partial charge in [-0.2, -0.15) is 0 Å². The van der Waals surface area contributed by atoms with Crippen LogP contribution >= 0.6 is 0 Å². The number of aromatic nitrogens is 2. The van der Waals surface area contributed by atoms with E-state index in [0.717, 1.165) is 25.7 Å². The Morgan fingerprint density at radius 1 is 1.29 bits per heavy atom. The van der Waals surface area contributed by atoms with Crippen LogP contribution in [0.4, 0.5) is 0 Å². The molecule has 0 unspecified atom stereocenters. The van der Waals surface area contributed by atoms with Crippen LogP contribution in [0.2, 0.25) is 0 Å². The highest BCUT2D eigenvalue weighted by Gasteiger charge is 2.21. The molecule has 8 heteroatoms. The largest absolute Gasteiger partial charge is 0.463 e. The van der Waals surface area contributed by atoms with Crippen molar-refractivity contribution < 1.29 is 18.5 Å². The fourth-order valence-electron chi connectivity index (χ4n) is 3.58. The Kier molecular flexibility index (Phi) is 5.10. The standard InChI is InChI=1S/C20H22N4O4/c1-12-18-14(11-15(16-7-4-10-27-16)23-20(18)28-24-12)19(26)21-9-8-17(25)22-13-5-2-3-6-13/h4,7,10-11,13H,2-3,5-6,8-9H2,1H3,(H,21,26)(H,22,25). The number of carbonyl (C=O) groups is 2. The van der Waals surface area contributed by atoms with Crippen molar-refractivity contribution in [1.82, 2.24) is 20.8 Å². The lowest BCUT2D eigenvalue weighted by atomic mass is 10.1. The Bertz CT molecular complexity index is 987. The molecule has 28 heavy (non-hydrogen) atoms. The number of fused-ring (bicyclic) bond motifs is 1. The van der Waals surface area contributed by atoms with E-state index in [4.69, 9.17) is 8.94 Å². The first-order chi connectivity index (χ1) is 13.6. The summed E-state index contributed by atoms with van der Waals surface area (Å²) in [6, 6.07) is 5.43. The zero-order chi connectivity index (χ0) is 19.5. The Morgan fingerprint density at radius 3 is 2.86 bits per heavy atom. The van der Waals surface area contributed by atoms with Gasteiger partial charge in [0.05, 0.1) is 22.9 Å². The molecule has 2 amide bonds. The summed E-state index contributed by atoms with van der Waals surface area (Å²) in [5, 5.41) is 10.3. The first-order valence-electron chi connectivity index (χ1n) is 9.50. The van der Waals surface area contributed by atoms with Crippen molar-refractivity contribution in [3.63, 3.8) is 0 Å². The topological polar surface area (TPSA) is 110 Å². The third-order valence-corrected chi connectivity index (χ3v) is 4.99. The van der Waals surface area contributed by atoms with Crippen molar-refractivity contribution >= 4 is 22.9 Å². The van der Waals surface area contributed by atoms with Crippen LogP contribution in [0.1, 0.15) is 48.2 Å². The van der Waals surface area contributed by atoms with Crippen LogP contribution in [-0.2, 0) is 4.79 Å². The third-order valence-electron chi connectivity index (χ3n) is 4.99. The number of nitrogens with one attached hydrogen (secondary N) is 2. The van der Waals surface area contributed by atoms with Gasteiger partial charge in [0.15, 0.2) is 5.76 Å². The van der Waals surface area contributed by atoms with E-state index in [1.165, 1.54) is 6.26 Å². The van der Waals surface area contributed by atoms with Gasteiger partial charge in [-0.25, -0.2) is 4.98 Å². The van der Waals surface area contributed by atoms with E-state index < -0.39 is 0 Å². The molecule has 0 aliphatic heterocycles. The minimum absolute atomic E-state index is 0.0375. The second-order valence-electron chi connectivity index (χ2n) is 7.04. The van der Waals surface area contributed by atoms with Gasteiger partial charge in [-0.05, 0) is 38.0 Å². The normalized spacial score (nSPS) is 14.5. The number of nitrogens with zero attached hydrogens (tertiary/aromatic N) is 2. The minimum Gasteiger partial charge on any atom is -0.463 e. The first kappa shape index (κ1) is 18.2. The average molecular weight is 382 g/mol. The second-order valence-corrected chi connectivity index (χ2v) is 7.04. The van der Waals surface area contributed by atoms with Gasteiger partial charge in [0.2, 0.25) is 5.91 Å². The van der Waals surface area contributed by atoms with Crippen molar-refractivity contribution in [2.45, 2.75) is 45.1 Å². The summed E-state index contributed by atoms with van der Waals surface area (Å²) in [7, 11) is 0. The molecule has 0 spiro atoms. The maximum atomic E-state index is 12.8. The van der Waals surface area contributed by atoms with Crippen LogP contribution < -0.4 is 10.6 Å². The van der Waals surface area contributed by atoms with Gasteiger partial charge in [0.25, 0.3) is 11.6 Å². The van der Waals surface area contributed by atoms with Gasteiger partial charge in [0, 0.05) is 19.0 Å². The van der Waals surface area contributed by atoms with E-state index in [-0.39, 0.29) is 36.5 Å². The minimum atomic E-state index is -0.305. The molecule has 1 aliphatic carbocycles. The van der Waals surface area contributed by atoms with E-state index in [1.807, 2.05) is 0 Å². The predicted molar refractivity (Wildman–Crippen MR) is 102 cm³/mol. The first-order valence-corrected chi connectivity index (χ1v) is 9.50. The maximum Gasteiger partial charge on any atom is 0.259 e. The maximum absolute atomic E-state index is 12.8. The molecule has 1 fully saturated rings. The summed E-state index contributed by atoms with van der Waals surface area (Å²) in [6.07, 6.45) is 6.18. The van der Waals surface area contributed by atoms with Gasteiger partial charge >= 0.3 is 0 Å². The van der Waals surface area contributed by atoms with E-state index in [1.54, 1.807) is 25.1 Å². The van der Waals surface area contributed by atoms with Crippen LogP contribution in [0.5, 0.6) is 0 Å². The van der Waals surface area contributed by atoms with Crippen LogP contribution in [0, 0.1) is 6.92 Å². The van der Waals surface area contributed by atoms with Crippen LogP contribution in [0.25, 0.3) is 22.6 Å². The van der Waals surface area contributed by atoms with Crippen LogP contribution in [0.15, 0.2) is 33.4 Å². The van der Waals surface area contributed by atoms with E-state index in [0.29, 0.717) is 28.1 Å². The summed E-state index contributed by atoms with van der Waals surface area (Å²) >= 11 is 0. The van der Waals surface area contributed by atoms with Crippen LogP contribution in [0.3, 0.4) is 0 Å². The Morgan fingerprint density at radius 2 is 2.11 bits per heavy atom. The molecule has 4 rings (SSSR count). The summed E-state index contributed by atoms with van der Waals surface area (Å²) in [4.78, 5) is 29.2. The number of amides is 2. The van der Waals surface area contributed by atoms with Crippen molar-refractivity contribution in [1.29, 1.82) is 0 Å². The van der Waals surface area contributed by atoms with Gasteiger partial charge in [-0.1, -0.05) is 18.0 Å². The fourth-order valence-corrected chi connectivity index (χ4v) is 3.58.